The summed E-state index contributed by atoms with van der Waals surface area (Å²) in [6.45, 7) is 0. The second-order valence-corrected chi connectivity index (χ2v) is 12.9. The van der Waals surface area contributed by atoms with Crippen molar-refractivity contribution < 1.29 is 0 Å². The van der Waals surface area contributed by atoms with Gasteiger partial charge >= 0.3 is 0 Å². The minimum atomic E-state index is 0.523. The van der Waals surface area contributed by atoms with Crippen molar-refractivity contribution in [2.24, 2.45) is 0 Å². The van der Waals surface area contributed by atoms with Gasteiger partial charge in [-0.05, 0) is 11.6 Å². The lowest BCUT2D eigenvalue weighted by molar-refractivity contribution is 1.41. The van der Waals surface area contributed by atoms with E-state index in [0.717, 1.165) is 0 Å². The number of halogens is 4. The molecule has 0 amide bonds. The van der Waals surface area contributed by atoms with Gasteiger partial charge in [-0.3, -0.25) is 0 Å². The molecule has 0 bridgehead atoms. The normalized spacial score (nSPS) is 11.9. The molecule has 0 aliphatic carbocycles. The van der Waals surface area contributed by atoms with Crippen molar-refractivity contribution >= 4 is 101 Å². The fourth-order valence-corrected chi connectivity index (χ4v) is 3.29. The van der Waals surface area contributed by atoms with Crippen LogP contribution in [0.25, 0.3) is 10.9 Å². The second kappa shape index (κ2) is 5.55. The number of benzene rings is 1. The van der Waals surface area contributed by atoms with Crippen molar-refractivity contribution in [2.45, 2.75) is 3.86 Å². The van der Waals surface area contributed by atoms with Gasteiger partial charge in [-0.25, -0.2) is 0 Å². The Morgan fingerprint density at radius 3 is 2.33 bits per heavy atom. The number of alkyl halides is 4. The fourth-order valence-electron chi connectivity index (χ4n) is 1.48. The summed E-state index contributed by atoms with van der Waals surface area (Å²) in [6.07, 6.45) is 2.12. The van der Waals surface area contributed by atoms with Crippen molar-refractivity contribution in [1.82, 2.24) is 4.98 Å². The van der Waals surface area contributed by atoms with Gasteiger partial charge in [0.15, 0.2) is 0 Å². The summed E-state index contributed by atoms with van der Waals surface area (Å²) < 4.78 is 1.06. The Kier molecular flexibility index (Phi) is 4.85. The van der Waals surface area contributed by atoms with Crippen molar-refractivity contribution in [3.05, 3.63) is 35.5 Å². The van der Waals surface area contributed by atoms with Crippen LogP contribution in [-0.2, 0) is 0 Å². The zero-order valence-corrected chi connectivity index (χ0v) is 16.1. The Labute approximate surface area is 143 Å². The van der Waals surface area contributed by atoms with Crippen LogP contribution in [0.1, 0.15) is 15.0 Å². The number of hydrogen-bond donors (Lipinski definition) is 1. The van der Waals surface area contributed by atoms with Gasteiger partial charge in [-0.1, -0.05) is 102 Å². The van der Waals surface area contributed by atoms with E-state index in [2.05, 4.69) is 120 Å². The maximum Gasteiger partial charge on any atom is 0.0895 e. The number of hydrogen-bond acceptors (Lipinski definition) is 0. The lowest BCUT2D eigenvalue weighted by Gasteiger charge is -2.03. The molecule has 0 aliphatic rings. The van der Waals surface area contributed by atoms with E-state index in [1.807, 2.05) is 0 Å². The van der Waals surface area contributed by atoms with E-state index < -0.39 is 0 Å². The van der Waals surface area contributed by atoms with Gasteiger partial charge in [-0.15, -0.1) is 0 Å². The number of nitrogens with one attached hydrogen (secondary N) is 1. The molecule has 1 aromatic carbocycles. The molecule has 5 heteroatoms. The number of fused-ring (bicyclic) bond motifs is 1. The van der Waals surface area contributed by atoms with Crippen LogP contribution in [0.15, 0.2) is 24.4 Å². The van der Waals surface area contributed by atoms with Crippen LogP contribution in [0.5, 0.6) is 0 Å². The maximum absolute atomic E-state index is 3.35. The van der Waals surface area contributed by atoms with Crippen LogP contribution in [0.4, 0.5) is 0 Å². The molecule has 2 aromatic rings. The lowest BCUT2D eigenvalue weighted by atomic mass is 10.1. The lowest BCUT2D eigenvalue weighted by Crippen LogP contribution is -1.81. The minimum Gasteiger partial charge on any atom is -0.361 e. The number of aromatic amines is 1. The van der Waals surface area contributed by atoms with Crippen LogP contribution in [0.3, 0.4) is 0 Å². The number of rotatable bonds is 2. The Morgan fingerprint density at radius 2 is 1.73 bits per heavy atom. The molecule has 0 saturated carbocycles. The monoisotopic (exact) mass is 649 g/mol. The van der Waals surface area contributed by atoms with E-state index >= 15 is 0 Å². The highest BCUT2D eigenvalue weighted by molar-refractivity contribution is 14.2. The Hall–Kier alpha value is 1.68. The molecule has 0 radical (unpaired) electrons. The number of aromatic nitrogens is 1. The summed E-state index contributed by atoms with van der Waals surface area (Å²) in [6, 6.07) is 6.70. The van der Waals surface area contributed by atoms with Crippen LogP contribution < -0.4 is 0 Å². The molecular weight excluding hydrogens is 642 g/mol. The molecule has 0 fully saturated rings. The summed E-state index contributed by atoms with van der Waals surface area (Å²) >= 11 is 9.74. The van der Waals surface area contributed by atoms with Crippen LogP contribution in [-0.4, -0.2) is 4.98 Å². The third-order valence-corrected chi connectivity index (χ3v) is 5.01. The predicted molar refractivity (Wildman–Crippen MR) is 99.9 cm³/mol. The van der Waals surface area contributed by atoms with E-state index in [0.29, 0.717) is 3.86 Å². The van der Waals surface area contributed by atoms with Gasteiger partial charge in [0.05, 0.1) is 3.86 Å². The first-order chi connectivity index (χ1) is 7.09. The van der Waals surface area contributed by atoms with E-state index in [1.54, 1.807) is 0 Å². The first kappa shape index (κ1) is 13.1. The SMILES string of the molecule is IC(I)c1ccc2c(C(I)I)c[nH]c2c1. The van der Waals surface area contributed by atoms with Crippen LogP contribution >= 0.6 is 90.4 Å². The predicted octanol–water partition coefficient (Wildman–Crippen LogP) is 5.91. The van der Waals surface area contributed by atoms with Crippen molar-refractivity contribution in [3.63, 3.8) is 0 Å². The standard InChI is InChI=1S/C10H7I4N/c11-9(12)5-1-2-6-7(10(13)14)4-15-8(6)3-5/h1-4,9-10,15H. The highest BCUT2D eigenvalue weighted by Crippen LogP contribution is 2.37. The van der Waals surface area contributed by atoms with Gasteiger partial charge in [0.25, 0.3) is 0 Å². The molecular formula is C10H7I4N. The van der Waals surface area contributed by atoms with E-state index in [4.69, 9.17) is 0 Å². The topological polar surface area (TPSA) is 15.8 Å². The maximum atomic E-state index is 3.35. The zero-order chi connectivity index (χ0) is 11.0. The summed E-state index contributed by atoms with van der Waals surface area (Å²) in [5.41, 5.74) is 4.01. The zero-order valence-electron chi connectivity index (χ0n) is 7.48. The number of H-pyrrole nitrogens is 1. The smallest absolute Gasteiger partial charge is 0.0895 e. The average Bonchev–Trinajstić information content (AvgIpc) is 2.59. The largest absolute Gasteiger partial charge is 0.361 e. The molecule has 2 rings (SSSR count). The third-order valence-electron chi connectivity index (χ3n) is 2.22. The van der Waals surface area contributed by atoms with Gasteiger partial charge in [0, 0.05) is 22.7 Å². The van der Waals surface area contributed by atoms with Crippen molar-refractivity contribution in [2.75, 3.05) is 0 Å². The van der Waals surface area contributed by atoms with Gasteiger partial charge in [0.2, 0.25) is 0 Å². The second-order valence-electron chi connectivity index (χ2n) is 3.15. The average molecular weight is 649 g/mol. The van der Waals surface area contributed by atoms with Crippen LogP contribution in [0, 0.1) is 0 Å². The van der Waals surface area contributed by atoms with Gasteiger partial charge in [-0.2, -0.15) is 0 Å². The van der Waals surface area contributed by atoms with E-state index in [1.165, 1.54) is 22.0 Å². The quantitative estimate of drug-likeness (QED) is 0.308. The molecule has 15 heavy (non-hydrogen) atoms. The first-order valence-corrected chi connectivity index (χ1v) is 9.25. The summed E-state index contributed by atoms with van der Waals surface area (Å²) in [5.74, 6) is 0. The summed E-state index contributed by atoms with van der Waals surface area (Å²) in [4.78, 5) is 3.35. The van der Waals surface area contributed by atoms with Crippen molar-refractivity contribution in [1.29, 1.82) is 0 Å². The van der Waals surface area contributed by atoms with E-state index in [9.17, 15) is 0 Å². The fraction of sp³-hybridized carbons (Fsp3) is 0.200. The molecule has 0 spiro atoms. The third kappa shape index (κ3) is 2.92. The van der Waals surface area contributed by atoms with Crippen LogP contribution in [0.2, 0.25) is 0 Å². The Balaban J connectivity index is 2.57. The molecule has 1 N–H and O–H groups in total. The van der Waals surface area contributed by atoms with Gasteiger partial charge in [0.1, 0.15) is 0 Å². The molecule has 0 aliphatic heterocycles. The first-order valence-electron chi connectivity index (χ1n) is 4.27. The molecule has 1 aromatic heterocycles. The van der Waals surface area contributed by atoms with Gasteiger partial charge < -0.3 is 4.98 Å². The summed E-state index contributed by atoms with van der Waals surface area (Å²) in [7, 11) is 0. The van der Waals surface area contributed by atoms with E-state index in [-0.39, 0.29) is 0 Å². The molecule has 0 saturated heterocycles. The minimum absolute atomic E-state index is 0.523. The molecule has 1 heterocycles. The molecule has 0 unspecified atom stereocenters. The molecule has 1 nitrogen and oxygen atoms in total. The highest BCUT2D eigenvalue weighted by Gasteiger charge is 2.11. The molecule has 80 valence electrons. The molecule has 0 atom stereocenters. The Morgan fingerprint density at radius 1 is 1.00 bits per heavy atom. The van der Waals surface area contributed by atoms with Crippen molar-refractivity contribution in [3.8, 4) is 0 Å². The Bertz CT molecular complexity index is 475. The highest BCUT2D eigenvalue weighted by atomic mass is 127. The summed E-state index contributed by atoms with van der Waals surface area (Å²) in [5, 5.41) is 1.35.